The maximum atomic E-state index is 13.5. The second-order valence-electron chi connectivity index (χ2n) is 11.1. The van der Waals surface area contributed by atoms with Gasteiger partial charge in [-0.15, -0.1) is 0 Å². The molecule has 0 aromatic carbocycles. The molecule has 2 aromatic heterocycles. The summed E-state index contributed by atoms with van der Waals surface area (Å²) >= 11 is 6.54. The molecule has 174 valence electrons. The standard InChI is InChI=1S/C25H30ClN5O2/c1-13-16-5-14-6-17(13)11-25(9-14,10-16)31-22-20(30(2)24(31)32)12-27-23(29-22)28-19-7-15-3-4-33-21(15)8-18(19)26/h7-8,12-17,21H,3-6,9-11H2,1-2H3,(H,27,28,29). The quantitative estimate of drug-likeness (QED) is 0.734. The highest BCUT2D eigenvalue weighted by Crippen LogP contribution is 2.61. The van der Waals surface area contributed by atoms with Gasteiger partial charge in [0.15, 0.2) is 5.65 Å². The summed E-state index contributed by atoms with van der Waals surface area (Å²) in [6, 6.07) is 0. The number of imidazole rings is 1. The first-order valence-corrected chi connectivity index (χ1v) is 12.7. The number of hydrogen-bond acceptors (Lipinski definition) is 5. The average Bonchev–Trinajstić information content (AvgIpc) is 3.33. The Bertz CT molecular complexity index is 1260. The molecule has 6 aliphatic rings. The van der Waals surface area contributed by atoms with Crippen LogP contribution in [-0.4, -0.2) is 31.8 Å². The van der Waals surface area contributed by atoms with Gasteiger partial charge < -0.3 is 10.1 Å². The first kappa shape index (κ1) is 20.3. The topological polar surface area (TPSA) is 74.0 Å². The van der Waals surface area contributed by atoms with Crippen LogP contribution in [0.25, 0.3) is 11.2 Å². The molecule has 1 aliphatic heterocycles. The molecule has 1 saturated heterocycles. The van der Waals surface area contributed by atoms with Crippen LogP contribution in [0.5, 0.6) is 0 Å². The van der Waals surface area contributed by atoms with Gasteiger partial charge in [-0.1, -0.05) is 24.6 Å². The maximum Gasteiger partial charge on any atom is 0.330 e. The zero-order chi connectivity index (χ0) is 22.5. The lowest BCUT2D eigenvalue weighted by molar-refractivity contribution is -0.0801. The number of aromatic nitrogens is 4. The van der Waals surface area contributed by atoms with E-state index < -0.39 is 0 Å². The molecule has 2 aromatic rings. The van der Waals surface area contributed by atoms with Gasteiger partial charge in [-0.2, -0.15) is 4.98 Å². The number of hydrogen-bond donors (Lipinski definition) is 1. The third-order valence-corrected chi connectivity index (χ3v) is 9.70. The van der Waals surface area contributed by atoms with Crippen molar-refractivity contribution in [3.05, 3.63) is 39.6 Å². The second-order valence-corrected chi connectivity index (χ2v) is 11.5. The number of aryl methyl sites for hydroxylation is 1. The monoisotopic (exact) mass is 467 g/mol. The predicted octanol–water partition coefficient (Wildman–Crippen LogP) is 4.14. The maximum absolute atomic E-state index is 13.5. The molecule has 4 bridgehead atoms. The summed E-state index contributed by atoms with van der Waals surface area (Å²) in [5.41, 5.74) is 2.27. The highest BCUT2D eigenvalue weighted by atomic mass is 35.5. The molecular weight excluding hydrogens is 438 g/mol. The van der Waals surface area contributed by atoms with Crippen molar-refractivity contribution < 1.29 is 4.74 Å². The van der Waals surface area contributed by atoms with Gasteiger partial charge in [-0.3, -0.25) is 9.13 Å². The van der Waals surface area contributed by atoms with E-state index in [4.69, 9.17) is 21.3 Å². The van der Waals surface area contributed by atoms with Crippen LogP contribution in [0.4, 0.5) is 5.95 Å². The molecule has 33 heavy (non-hydrogen) atoms. The number of halogens is 1. The lowest BCUT2D eigenvalue weighted by Gasteiger charge is -2.59. The smallest absolute Gasteiger partial charge is 0.330 e. The second kappa shape index (κ2) is 6.95. The Balaban J connectivity index is 1.30. The van der Waals surface area contributed by atoms with Crippen molar-refractivity contribution in [1.82, 2.24) is 19.1 Å². The van der Waals surface area contributed by atoms with Crippen LogP contribution in [0, 0.1) is 29.6 Å². The van der Waals surface area contributed by atoms with E-state index in [1.807, 2.05) is 17.7 Å². The molecule has 3 heterocycles. The van der Waals surface area contributed by atoms with E-state index in [1.165, 1.54) is 12.8 Å². The van der Waals surface area contributed by atoms with Gasteiger partial charge in [0.2, 0.25) is 5.95 Å². The van der Waals surface area contributed by atoms with E-state index in [1.54, 1.807) is 10.8 Å². The minimum Gasteiger partial charge on any atom is -0.373 e. The molecule has 7 nitrogen and oxygen atoms in total. The van der Waals surface area contributed by atoms with Gasteiger partial charge >= 0.3 is 5.69 Å². The highest BCUT2D eigenvalue weighted by Gasteiger charge is 2.56. The van der Waals surface area contributed by atoms with Gasteiger partial charge in [0.1, 0.15) is 5.52 Å². The van der Waals surface area contributed by atoms with E-state index in [0.717, 1.165) is 72.8 Å². The summed E-state index contributed by atoms with van der Waals surface area (Å²) in [5, 5.41) is 3.96. The van der Waals surface area contributed by atoms with Crippen LogP contribution in [0.1, 0.15) is 45.4 Å². The number of fused-ring (bicyclic) bond motifs is 2. The van der Waals surface area contributed by atoms with Crippen molar-refractivity contribution in [2.24, 2.45) is 36.6 Å². The van der Waals surface area contributed by atoms with Crippen molar-refractivity contribution in [3.8, 4) is 0 Å². The first-order valence-electron chi connectivity index (χ1n) is 12.3. The molecule has 4 saturated carbocycles. The van der Waals surface area contributed by atoms with Crippen LogP contribution >= 0.6 is 11.6 Å². The summed E-state index contributed by atoms with van der Waals surface area (Å²) in [4.78, 5) is 23.0. The molecule has 8 rings (SSSR count). The fourth-order valence-corrected chi connectivity index (χ4v) is 8.07. The van der Waals surface area contributed by atoms with E-state index in [9.17, 15) is 4.79 Å². The number of nitrogens with zero attached hydrogens (tertiary/aromatic N) is 4. The summed E-state index contributed by atoms with van der Waals surface area (Å²) in [5.74, 6) is 3.74. The van der Waals surface area contributed by atoms with Crippen molar-refractivity contribution >= 4 is 28.7 Å². The normalized spacial score (nSPS) is 39.0. The van der Waals surface area contributed by atoms with Crippen molar-refractivity contribution in [2.45, 2.75) is 57.1 Å². The fraction of sp³-hybridized carbons (Fsp3) is 0.640. The fourth-order valence-electron chi connectivity index (χ4n) is 7.84. The Morgan fingerprint density at radius 3 is 2.79 bits per heavy atom. The number of nitrogens with one attached hydrogen (secondary N) is 1. The van der Waals surface area contributed by atoms with Crippen molar-refractivity contribution in [1.29, 1.82) is 0 Å². The zero-order valence-corrected chi connectivity index (χ0v) is 19.9. The van der Waals surface area contributed by atoms with Gasteiger partial charge in [-0.25, -0.2) is 9.78 Å². The van der Waals surface area contributed by atoms with Crippen LogP contribution in [-0.2, 0) is 17.3 Å². The molecule has 4 atom stereocenters. The van der Waals surface area contributed by atoms with Crippen LogP contribution in [0.15, 0.2) is 33.9 Å². The lowest BCUT2D eigenvalue weighted by Crippen LogP contribution is -2.57. The summed E-state index contributed by atoms with van der Waals surface area (Å²) in [6.07, 6.45) is 12.8. The molecule has 0 radical (unpaired) electrons. The van der Waals surface area contributed by atoms with Gasteiger partial charge in [0, 0.05) is 19.6 Å². The number of anilines is 1. The number of ether oxygens (including phenoxy) is 1. The minimum atomic E-state index is -0.110. The predicted molar refractivity (Wildman–Crippen MR) is 127 cm³/mol. The van der Waals surface area contributed by atoms with Gasteiger partial charge in [-0.05, 0) is 68.3 Å². The Kier molecular flexibility index (Phi) is 4.27. The molecule has 5 aliphatic carbocycles. The third kappa shape index (κ3) is 2.88. The van der Waals surface area contributed by atoms with E-state index in [2.05, 4.69) is 23.3 Å². The molecular formula is C25H30ClN5O2. The van der Waals surface area contributed by atoms with Gasteiger partial charge in [0.05, 0.1) is 28.6 Å². The summed E-state index contributed by atoms with van der Waals surface area (Å²) in [7, 11) is 1.84. The van der Waals surface area contributed by atoms with Crippen LogP contribution < -0.4 is 11.0 Å². The summed E-state index contributed by atoms with van der Waals surface area (Å²) < 4.78 is 9.49. The lowest BCUT2D eigenvalue weighted by atomic mass is 9.49. The molecule has 0 spiro atoms. The first-order chi connectivity index (χ1) is 15.9. The average molecular weight is 468 g/mol. The molecule has 1 N–H and O–H groups in total. The number of allylic oxidation sites excluding steroid dienone is 1. The van der Waals surface area contributed by atoms with E-state index >= 15 is 0 Å². The molecule has 8 heteroatoms. The van der Waals surface area contributed by atoms with Crippen molar-refractivity contribution in [2.75, 3.05) is 11.9 Å². The van der Waals surface area contributed by atoms with Crippen molar-refractivity contribution in [3.63, 3.8) is 0 Å². The zero-order valence-electron chi connectivity index (χ0n) is 19.1. The molecule has 0 amide bonds. The van der Waals surface area contributed by atoms with Crippen LogP contribution in [0.3, 0.4) is 0 Å². The largest absolute Gasteiger partial charge is 0.373 e. The Morgan fingerprint density at radius 1 is 1.21 bits per heavy atom. The summed E-state index contributed by atoms with van der Waals surface area (Å²) in [6.45, 7) is 3.17. The molecule has 4 unspecified atom stereocenters. The molecule has 5 fully saturated rings. The van der Waals surface area contributed by atoms with Gasteiger partial charge in [0.25, 0.3) is 0 Å². The van der Waals surface area contributed by atoms with E-state index in [0.29, 0.717) is 16.9 Å². The Hall–Kier alpha value is -2.12. The Labute approximate surface area is 197 Å². The SMILES string of the molecule is CC1C2CC3CC1CC(n1c(=O)n(C)c4cnc(NC5=CC6CCOC6C=C5Cl)nc41)(C3)C2. The highest BCUT2D eigenvalue weighted by molar-refractivity contribution is 6.32. The third-order valence-electron chi connectivity index (χ3n) is 9.37. The number of rotatable bonds is 3. The minimum absolute atomic E-state index is 0.0341. The Morgan fingerprint density at radius 2 is 2.00 bits per heavy atom. The van der Waals surface area contributed by atoms with E-state index in [-0.39, 0.29) is 17.3 Å². The van der Waals surface area contributed by atoms with Crippen LogP contribution in [0.2, 0.25) is 0 Å².